The molecule has 2 aromatic carbocycles. The van der Waals surface area contributed by atoms with Crippen LogP contribution in [-0.4, -0.2) is 118 Å². The Labute approximate surface area is 373 Å². The van der Waals surface area contributed by atoms with Gasteiger partial charge in [-0.2, -0.15) is 19.9 Å². The van der Waals surface area contributed by atoms with Gasteiger partial charge in [0.15, 0.2) is 0 Å². The molecule has 0 saturated heterocycles. The van der Waals surface area contributed by atoms with Gasteiger partial charge in [-0.3, -0.25) is 15.4 Å². The number of carbonyl (C=O) groups excluding carboxylic acids is 3. The Morgan fingerprint density at radius 3 is 1.25 bits per heavy atom. The number of esters is 1. The molecule has 7 N–H and O–H groups in total. The van der Waals surface area contributed by atoms with Crippen LogP contribution in [-0.2, 0) is 75.9 Å². The number of aliphatic hydroxyl groups excluding tert-OH is 1. The van der Waals surface area contributed by atoms with E-state index in [9.17, 15) is 53.2 Å². The number of ether oxygens (including phenoxy) is 5. The van der Waals surface area contributed by atoms with Gasteiger partial charge in [0, 0.05) is 25.6 Å². The van der Waals surface area contributed by atoms with Crippen molar-refractivity contribution in [3.05, 3.63) is 70.8 Å². The molecule has 0 radical (unpaired) electrons. The number of hydrogen-bond acceptors (Lipinski definition) is 21. The molecule has 2 aromatic heterocycles. The highest BCUT2D eigenvalue weighted by Crippen LogP contribution is 2.22. The minimum absolute atomic E-state index is 0.00250. The van der Waals surface area contributed by atoms with Crippen LogP contribution in [0.5, 0.6) is 23.5 Å². The van der Waals surface area contributed by atoms with Crippen LogP contribution in [0, 0.1) is 0 Å². The summed E-state index contributed by atoms with van der Waals surface area (Å²) in [5, 5.41) is 13.8. The van der Waals surface area contributed by atoms with Gasteiger partial charge in [-0.25, -0.2) is 62.1 Å². The highest BCUT2D eigenvalue weighted by atomic mass is 32.2. The first-order chi connectivity index (χ1) is 30.3. The van der Waals surface area contributed by atoms with Crippen LogP contribution >= 0.6 is 0 Å². The molecule has 27 nitrogen and oxygen atoms in total. The first-order valence-electron chi connectivity index (χ1n) is 17.8. The molecule has 0 atom stereocenters. The lowest BCUT2D eigenvalue weighted by molar-refractivity contribution is -0.142. The molecule has 4 aromatic rings. The van der Waals surface area contributed by atoms with E-state index in [1.165, 1.54) is 64.8 Å². The van der Waals surface area contributed by atoms with Gasteiger partial charge in [0.05, 0.1) is 69.5 Å². The predicted molar refractivity (Wildman–Crippen MR) is 227 cm³/mol. The Morgan fingerprint density at radius 1 is 0.569 bits per heavy atom. The van der Waals surface area contributed by atoms with E-state index in [1.54, 1.807) is 9.44 Å². The fourth-order valence-electron chi connectivity index (χ4n) is 4.72. The maximum absolute atomic E-state index is 13.0. The lowest BCUT2D eigenvalue weighted by Gasteiger charge is -2.14. The first-order valence-corrected chi connectivity index (χ1v) is 24.5. The third-order valence-electron chi connectivity index (χ3n) is 7.62. The Kier molecular flexibility index (Phi) is 18.6. The summed E-state index contributed by atoms with van der Waals surface area (Å²) in [4.78, 5) is 50.4. The van der Waals surface area contributed by atoms with E-state index in [2.05, 4.69) is 40.0 Å². The van der Waals surface area contributed by atoms with E-state index in [0.717, 1.165) is 31.6 Å². The average molecular weight is 993 g/mol. The maximum atomic E-state index is 13.0. The molecule has 65 heavy (non-hydrogen) atoms. The van der Waals surface area contributed by atoms with Gasteiger partial charge in [0.25, 0.3) is 20.0 Å². The van der Waals surface area contributed by atoms with Crippen LogP contribution in [0.2, 0.25) is 0 Å². The molecule has 0 aliphatic heterocycles. The molecule has 0 aliphatic rings. The number of nitrogens with one attached hydrogen (secondary N) is 6. The molecular weight excluding hydrogens is 949 g/mol. The van der Waals surface area contributed by atoms with Gasteiger partial charge in [0.2, 0.25) is 55.5 Å². The van der Waals surface area contributed by atoms with Crippen molar-refractivity contribution in [2.45, 2.75) is 43.0 Å². The molecule has 356 valence electrons. The number of rotatable bonds is 19. The Balaban J connectivity index is 0.000000347. The predicted octanol–water partition coefficient (Wildman–Crippen LogP) is -0.338. The summed E-state index contributed by atoms with van der Waals surface area (Å²) in [6, 6.07) is 8.15. The number of amides is 4. The van der Waals surface area contributed by atoms with Crippen molar-refractivity contribution in [3.63, 3.8) is 0 Å². The molecule has 0 unspecified atom stereocenters. The molecule has 4 rings (SSSR count). The van der Waals surface area contributed by atoms with E-state index >= 15 is 0 Å². The molecular formula is C34H44N10O17S4. The molecule has 0 spiro atoms. The zero-order valence-electron chi connectivity index (χ0n) is 35.3. The number of aliphatic hydroxyl groups is 1. The van der Waals surface area contributed by atoms with Crippen LogP contribution in [0.1, 0.15) is 29.2 Å². The van der Waals surface area contributed by atoms with Crippen molar-refractivity contribution < 1.29 is 76.8 Å². The number of urea groups is 2. The second kappa shape index (κ2) is 22.9. The molecule has 0 bridgehead atoms. The highest BCUT2D eigenvalue weighted by molar-refractivity contribution is 7.90. The standard InChI is InChI=1S/C18H23N5O9S2.C16H21N5O8S2/c1-11(24)32-10-13-6-5-12(9-19-33(4,26)27)7-14(13)34(28,29)23-18(25)22-17-20-15(30-2)8-16(21-17)31-3;1-28-13-7-14(29-2)19-15(18-13)20-16(23)21-31(26,27)12-6-10(4-5-11(12)9-22)8-17-30(3,24)25/h5-8,19H,9-10H2,1-4H3,(H2,20,21,22,23,25);4-7,17,22H,8-9H2,1-3H3,(H2,18,19,20,21,23). The lowest BCUT2D eigenvalue weighted by atomic mass is 10.1. The second-order valence-electron chi connectivity index (χ2n) is 12.7. The van der Waals surface area contributed by atoms with Crippen LogP contribution in [0.4, 0.5) is 21.5 Å². The number of nitrogens with zero attached hydrogens (tertiary/aromatic N) is 4. The van der Waals surface area contributed by atoms with Gasteiger partial charge >= 0.3 is 18.0 Å². The fraction of sp³-hybridized carbons (Fsp3) is 0.324. The minimum atomic E-state index is -4.51. The summed E-state index contributed by atoms with van der Waals surface area (Å²) in [6.45, 7) is -0.279. The summed E-state index contributed by atoms with van der Waals surface area (Å²) in [5.74, 6) is -0.981. The van der Waals surface area contributed by atoms with Crippen LogP contribution in [0.15, 0.2) is 58.3 Å². The Bertz CT molecular complexity index is 2790. The van der Waals surface area contributed by atoms with Gasteiger partial charge < -0.3 is 28.8 Å². The van der Waals surface area contributed by atoms with E-state index in [4.69, 9.17) is 23.7 Å². The highest BCUT2D eigenvalue weighted by Gasteiger charge is 2.25. The third kappa shape index (κ3) is 17.5. The van der Waals surface area contributed by atoms with Crippen molar-refractivity contribution in [2.75, 3.05) is 51.6 Å². The maximum Gasteiger partial charge on any atom is 0.335 e. The molecule has 0 fully saturated rings. The van der Waals surface area contributed by atoms with E-state index in [-0.39, 0.29) is 65.2 Å². The molecule has 0 aliphatic carbocycles. The fourth-order valence-corrected chi connectivity index (χ4v) is 7.95. The molecule has 0 saturated carbocycles. The number of benzene rings is 2. The third-order valence-corrected chi connectivity index (χ3v) is 11.8. The van der Waals surface area contributed by atoms with Crippen molar-refractivity contribution in [1.29, 1.82) is 0 Å². The van der Waals surface area contributed by atoms with E-state index < -0.39 is 81.1 Å². The van der Waals surface area contributed by atoms with Gasteiger partial charge in [0.1, 0.15) is 6.61 Å². The van der Waals surface area contributed by atoms with E-state index in [0.29, 0.717) is 5.56 Å². The number of sulfonamides is 4. The van der Waals surface area contributed by atoms with Crippen LogP contribution in [0.25, 0.3) is 0 Å². The Morgan fingerprint density at radius 2 is 0.923 bits per heavy atom. The Hall–Kier alpha value is -6.51. The summed E-state index contributed by atoms with van der Waals surface area (Å²) >= 11 is 0. The SMILES string of the molecule is COc1cc(OC)nc(NC(=O)NS(=O)(=O)c2cc(CNS(C)(=O)=O)ccc2CO)n1.COc1cc(OC)nc(NC(=O)NS(=O)(=O)c2cc(CNS(C)(=O)=O)ccc2COC(C)=O)n1. The number of carbonyl (C=O) groups is 3. The number of anilines is 2. The van der Waals surface area contributed by atoms with Crippen molar-refractivity contribution in [3.8, 4) is 23.5 Å². The second-order valence-corrected chi connectivity index (χ2v) is 19.6. The number of aromatic nitrogens is 4. The first kappa shape index (κ1) is 52.8. The number of methoxy groups -OCH3 is 4. The van der Waals surface area contributed by atoms with E-state index in [1.807, 2.05) is 0 Å². The smallest absolute Gasteiger partial charge is 0.335 e. The lowest BCUT2D eigenvalue weighted by Crippen LogP contribution is -2.35. The normalized spacial score (nSPS) is 11.5. The molecule has 31 heteroatoms. The zero-order chi connectivity index (χ0) is 48.8. The van der Waals surface area contributed by atoms with Gasteiger partial charge in [-0.1, -0.05) is 24.3 Å². The molecule has 2 heterocycles. The quantitative estimate of drug-likeness (QED) is 0.0591. The summed E-state index contributed by atoms with van der Waals surface area (Å²) in [7, 11) is -10.7. The number of hydrogen-bond donors (Lipinski definition) is 7. The van der Waals surface area contributed by atoms with Crippen molar-refractivity contribution >= 4 is 70.0 Å². The zero-order valence-corrected chi connectivity index (χ0v) is 38.6. The monoisotopic (exact) mass is 992 g/mol. The largest absolute Gasteiger partial charge is 0.481 e. The van der Waals surface area contributed by atoms with Crippen LogP contribution < -0.4 is 48.5 Å². The van der Waals surface area contributed by atoms with Gasteiger partial charge in [-0.15, -0.1) is 0 Å². The van der Waals surface area contributed by atoms with Crippen molar-refractivity contribution in [2.24, 2.45) is 0 Å². The molecule has 4 amide bonds. The topological polar surface area (TPSA) is 378 Å². The summed E-state index contributed by atoms with van der Waals surface area (Å²) in [6.07, 6.45) is 1.90. The van der Waals surface area contributed by atoms with Gasteiger partial charge in [-0.05, 0) is 28.8 Å². The summed E-state index contributed by atoms with van der Waals surface area (Å²) in [5.41, 5.74) is 0.628. The van der Waals surface area contributed by atoms with Crippen LogP contribution in [0.3, 0.4) is 0 Å². The van der Waals surface area contributed by atoms with Crippen molar-refractivity contribution in [1.82, 2.24) is 38.8 Å². The minimum Gasteiger partial charge on any atom is -0.481 e. The summed E-state index contributed by atoms with van der Waals surface area (Å²) < 4.78 is 129. The average Bonchev–Trinajstić information content (AvgIpc) is 3.22.